The van der Waals surface area contributed by atoms with Gasteiger partial charge in [0.15, 0.2) is 6.29 Å². The summed E-state index contributed by atoms with van der Waals surface area (Å²) in [4.78, 5) is 13.2. The van der Waals surface area contributed by atoms with Crippen LogP contribution in [0.1, 0.15) is 36.7 Å². The zero-order valence-corrected chi connectivity index (χ0v) is 18.0. The third-order valence-electron chi connectivity index (χ3n) is 4.45. The van der Waals surface area contributed by atoms with Crippen LogP contribution in [-0.2, 0) is 14.2 Å². The van der Waals surface area contributed by atoms with Crippen molar-refractivity contribution in [3.63, 3.8) is 0 Å². The summed E-state index contributed by atoms with van der Waals surface area (Å²) in [6.07, 6.45) is -2.10. The van der Waals surface area contributed by atoms with Gasteiger partial charge in [-0.15, -0.1) is 11.8 Å². The van der Waals surface area contributed by atoms with Crippen LogP contribution >= 0.6 is 11.8 Å². The van der Waals surface area contributed by atoms with Crippen molar-refractivity contribution in [2.75, 3.05) is 6.61 Å². The van der Waals surface area contributed by atoms with Gasteiger partial charge in [-0.3, -0.25) is 0 Å². The van der Waals surface area contributed by atoms with Crippen molar-refractivity contribution in [2.45, 2.75) is 61.9 Å². The van der Waals surface area contributed by atoms with Crippen LogP contribution in [0.5, 0.6) is 0 Å². The maximum absolute atomic E-state index is 12.2. The molecule has 0 amide bonds. The molecule has 1 heterocycles. The maximum atomic E-state index is 12.2. The lowest BCUT2D eigenvalue weighted by Gasteiger charge is -2.28. The molecule has 4 atom stereocenters. The van der Waals surface area contributed by atoms with E-state index in [1.807, 2.05) is 58.0 Å². The molecule has 6 heteroatoms. The van der Waals surface area contributed by atoms with Crippen LogP contribution in [0.3, 0.4) is 0 Å². The second kappa shape index (κ2) is 9.30. The largest absolute Gasteiger partial charge is 0.459 e. The van der Waals surface area contributed by atoms with Crippen LogP contribution in [0.4, 0.5) is 0 Å². The number of ether oxygens (including phenoxy) is 3. The number of aliphatic hydroxyl groups excluding tert-OH is 1. The first kappa shape index (κ1) is 21.8. The Balaban J connectivity index is 1.68. The highest BCUT2D eigenvalue weighted by Gasteiger charge is 2.46. The summed E-state index contributed by atoms with van der Waals surface area (Å²) < 4.78 is 17.4. The molecule has 1 fully saturated rings. The zero-order chi connectivity index (χ0) is 21.0. The van der Waals surface area contributed by atoms with Crippen LogP contribution < -0.4 is 0 Å². The van der Waals surface area contributed by atoms with Crippen molar-refractivity contribution in [3.05, 3.63) is 65.7 Å². The molecule has 1 saturated heterocycles. The first-order chi connectivity index (χ1) is 13.7. The molecule has 0 unspecified atom stereocenters. The molecule has 5 nitrogen and oxygen atoms in total. The van der Waals surface area contributed by atoms with E-state index in [4.69, 9.17) is 14.2 Å². The molecule has 1 aliphatic heterocycles. The third kappa shape index (κ3) is 6.06. The van der Waals surface area contributed by atoms with E-state index in [1.54, 1.807) is 24.3 Å². The topological polar surface area (TPSA) is 65.0 Å². The molecule has 3 rings (SSSR count). The molecule has 0 spiro atoms. The number of hydrogen-bond acceptors (Lipinski definition) is 6. The zero-order valence-electron chi connectivity index (χ0n) is 17.2. The van der Waals surface area contributed by atoms with Gasteiger partial charge in [0.1, 0.15) is 18.8 Å². The van der Waals surface area contributed by atoms with Crippen LogP contribution in [0.25, 0.3) is 0 Å². The fraction of sp³-hybridized carbons (Fsp3) is 0.435. The minimum absolute atomic E-state index is 0.0378. The Labute approximate surface area is 176 Å². The van der Waals surface area contributed by atoms with Gasteiger partial charge < -0.3 is 19.3 Å². The van der Waals surface area contributed by atoms with E-state index in [0.29, 0.717) is 5.56 Å². The lowest BCUT2D eigenvalue weighted by Crippen LogP contribution is -2.36. The first-order valence-corrected chi connectivity index (χ1v) is 10.6. The first-order valence-electron chi connectivity index (χ1n) is 9.70. The van der Waals surface area contributed by atoms with Crippen molar-refractivity contribution >= 4 is 17.7 Å². The third-order valence-corrected chi connectivity index (χ3v) is 5.76. The molecule has 1 aliphatic rings. The van der Waals surface area contributed by atoms with Gasteiger partial charge in [-0.25, -0.2) is 4.79 Å². The number of aliphatic hydroxyl groups is 1. The lowest BCUT2D eigenvalue weighted by atomic mass is 10.1. The number of benzene rings is 2. The van der Waals surface area contributed by atoms with E-state index in [-0.39, 0.29) is 11.9 Å². The van der Waals surface area contributed by atoms with E-state index in [9.17, 15) is 9.90 Å². The molecule has 2 aromatic carbocycles. The molecule has 0 saturated carbocycles. The summed E-state index contributed by atoms with van der Waals surface area (Å²) >= 11 is 1.51. The fourth-order valence-corrected chi connectivity index (χ4v) is 4.15. The second-order valence-corrected chi connectivity index (χ2v) is 9.38. The summed E-state index contributed by atoms with van der Waals surface area (Å²) in [5.41, 5.74) is 1.20. The number of hydrogen-bond donors (Lipinski definition) is 1. The molecular formula is C23H28O5S. The average molecular weight is 417 g/mol. The lowest BCUT2D eigenvalue weighted by molar-refractivity contribution is -0.189. The Bertz CT molecular complexity index is 800. The quantitative estimate of drug-likeness (QED) is 0.712. The number of thioether (sulfide) groups is 1. The Kier molecular flexibility index (Phi) is 7.01. The second-order valence-electron chi connectivity index (χ2n) is 8.12. The van der Waals surface area contributed by atoms with Gasteiger partial charge in [0.2, 0.25) is 0 Å². The number of rotatable bonds is 6. The SMILES string of the molecule is Cc1ccc(S[C@@H]2[C@@H](OC(C)(C)C)O[C@H](COC(=O)c3ccccc3)[C@H]2O)cc1. The minimum Gasteiger partial charge on any atom is -0.459 e. The van der Waals surface area contributed by atoms with Gasteiger partial charge in [-0.1, -0.05) is 35.9 Å². The van der Waals surface area contributed by atoms with E-state index in [2.05, 4.69) is 0 Å². The van der Waals surface area contributed by atoms with E-state index >= 15 is 0 Å². The highest BCUT2D eigenvalue weighted by atomic mass is 32.2. The molecule has 0 bridgehead atoms. The summed E-state index contributed by atoms with van der Waals surface area (Å²) in [7, 11) is 0. The molecule has 1 N–H and O–H groups in total. The number of aryl methyl sites for hydroxylation is 1. The monoisotopic (exact) mass is 416 g/mol. The van der Waals surface area contributed by atoms with Gasteiger partial charge in [0.05, 0.1) is 16.4 Å². The van der Waals surface area contributed by atoms with Crippen LogP contribution in [0.2, 0.25) is 0 Å². The standard InChI is InChI=1S/C23H28O5S/c1-15-10-12-17(13-11-15)29-20-19(24)18(27-22(20)28-23(2,3)4)14-26-21(25)16-8-6-5-7-9-16/h5-13,18-20,22,24H,14H2,1-4H3/t18-,19-,20+,22-/m1/s1. The van der Waals surface area contributed by atoms with Crippen LogP contribution in [-0.4, -0.2) is 47.0 Å². The summed E-state index contributed by atoms with van der Waals surface area (Å²) in [6, 6.07) is 16.9. The van der Waals surface area contributed by atoms with Crippen molar-refractivity contribution in [1.82, 2.24) is 0 Å². The molecule has 0 aliphatic carbocycles. The maximum Gasteiger partial charge on any atom is 0.338 e. The van der Waals surface area contributed by atoms with Gasteiger partial charge in [-0.2, -0.15) is 0 Å². The molecule has 2 aromatic rings. The molecule has 29 heavy (non-hydrogen) atoms. The summed E-state index contributed by atoms with van der Waals surface area (Å²) in [5.74, 6) is -0.440. The summed E-state index contributed by atoms with van der Waals surface area (Å²) in [5, 5.41) is 10.6. The highest BCUT2D eigenvalue weighted by molar-refractivity contribution is 8.00. The van der Waals surface area contributed by atoms with Crippen molar-refractivity contribution in [3.8, 4) is 0 Å². The van der Waals surface area contributed by atoms with Gasteiger partial charge in [0.25, 0.3) is 0 Å². The Morgan fingerprint density at radius 2 is 1.76 bits per heavy atom. The average Bonchev–Trinajstić information content (AvgIpc) is 2.95. The van der Waals surface area contributed by atoms with Crippen molar-refractivity contribution in [2.24, 2.45) is 0 Å². The van der Waals surface area contributed by atoms with Crippen LogP contribution in [0.15, 0.2) is 59.5 Å². The fourth-order valence-electron chi connectivity index (χ4n) is 3.00. The van der Waals surface area contributed by atoms with Gasteiger partial charge in [0, 0.05) is 4.90 Å². The van der Waals surface area contributed by atoms with E-state index in [1.165, 1.54) is 17.3 Å². The predicted molar refractivity (Wildman–Crippen MR) is 113 cm³/mol. The molecule has 156 valence electrons. The van der Waals surface area contributed by atoms with E-state index in [0.717, 1.165) is 4.90 Å². The Hall–Kier alpha value is -1.86. The van der Waals surface area contributed by atoms with E-state index < -0.39 is 30.1 Å². The smallest absolute Gasteiger partial charge is 0.338 e. The molecule has 0 radical (unpaired) electrons. The van der Waals surface area contributed by atoms with Gasteiger partial charge >= 0.3 is 5.97 Å². The van der Waals surface area contributed by atoms with Crippen molar-refractivity contribution in [1.29, 1.82) is 0 Å². The van der Waals surface area contributed by atoms with Crippen molar-refractivity contribution < 1.29 is 24.1 Å². The Morgan fingerprint density at radius 3 is 2.38 bits per heavy atom. The number of esters is 1. The normalized spacial score (nSPS) is 24.4. The highest BCUT2D eigenvalue weighted by Crippen LogP contribution is 2.38. The van der Waals surface area contributed by atoms with Crippen LogP contribution in [0, 0.1) is 6.92 Å². The minimum atomic E-state index is -0.836. The number of carbonyl (C=O) groups is 1. The summed E-state index contributed by atoms with van der Waals surface area (Å²) in [6.45, 7) is 7.83. The molecular weight excluding hydrogens is 388 g/mol. The number of carbonyl (C=O) groups excluding carboxylic acids is 1. The Morgan fingerprint density at radius 1 is 1.10 bits per heavy atom. The predicted octanol–water partition coefficient (Wildman–Crippen LogP) is 4.21. The van der Waals surface area contributed by atoms with Gasteiger partial charge in [-0.05, 0) is 52.0 Å². The molecule has 0 aromatic heterocycles.